The van der Waals surface area contributed by atoms with Crippen LogP contribution in [0.1, 0.15) is 18.1 Å². The molecule has 0 aliphatic heterocycles. The maximum Gasteiger partial charge on any atom is 0.238 e. The van der Waals surface area contributed by atoms with Crippen LogP contribution in [0.5, 0.6) is 0 Å². The molecule has 0 aliphatic carbocycles. The van der Waals surface area contributed by atoms with E-state index in [9.17, 15) is 9.59 Å². The number of halogens is 1. The number of aryl methyl sites for hydroxylation is 1. The highest BCUT2D eigenvalue weighted by Gasteiger charge is 2.17. The number of nitrogens with zero attached hydrogens (tertiary/aromatic N) is 2. The van der Waals surface area contributed by atoms with Gasteiger partial charge in [-0.25, -0.2) is 4.68 Å². The van der Waals surface area contributed by atoms with Crippen LogP contribution in [0.3, 0.4) is 0 Å². The van der Waals surface area contributed by atoms with Crippen LogP contribution in [0.2, 0.25) is 0 Å². The molecule has 1 atom stereocenters. The van der Waals surface area contributed by atoms with Crippen LogP contribution in [0.4, 0.5) is 11.5 Å². The average molecular weight is 487 g/mol. The number of carbonyl (C=O) groups excluding carboxylic acids is 2. The number of nitrogens with one attached hydrogen (secondary N) is 2. The summed E-state index contributed by atoms with van der Waals surface area (Å²) in [6.07, 6.45) is 1.65. The topological polar surface area (TPSA) is 76.0 Å². The van der Waals surface area contributed by atoms with Crippen molar-refractivity contribution in [2.24, 2.45) is 0 Å². The van der Waals surface area contributed by atoms with Gasteiger partial charge in [-0.3, -0.25) is 9.59 Å². The van der Waals surface area contributed by atoms with E-state index in [1.54, 1.807) is 23.9 Å². The summed E-state index contributed by atoms with van der Waals surface area (Å²) in [6, 6.07) is 17.2. The summed E-state index contributed by atoms with van der Waals surface area (Å²) >= 11 is 4.82. The fraction of sp³-hybridized carbons (Fsp3) is 0.227. The zero-order chi connectivity index (χ0) is 21.5. The molecule has 2 amide bonds. The number of hydrogen-bond donors (Lipinski definition) is 2. The number of anilines is 2. The van der Waals surface area contributed by atoms with Crippen LogP contribution in [0.15, 0.2) is 65.3 Å². The van der Waals surface area contributed by atoms with E-state index in [1.165, 1.54) is 11.8 Å². The molecule has 8 heteroatoms. The van der Waals surface area contributed by atoms with Gasteiger partial charge >= 0.3 is 0 Å². The maximum atomic E-state index is 12.6. The van der Waals surface area contributed by atoms with E-state index in [0.29, 0.717) is 12.4 Å². The lowest BCUT2D eigenvalue weighted by Gasteiger charge is -2.14. The highest BCUT2D eigenvalue weighted by Crippen LogP contribution is 2.20. The summed E-state index contributed by atoms with van der Waals surface area (Å²) in [5.41, 5.74) is 2.94. The number of rotatable bonds is 8. The van der Waals surface area contributed by atoms with Crippen molar-refractivity contribution in [2.75, 3.05) is 16.4 Å². The van der Waals surface area contributed by atoms with Crippen molar-refractivity contribution in [3.05, 3.63) is 76.4 Å². The van der Waals surface area contributed by atoms with Gasteiger partial charge in [0.25, 0.3) is 0 Å². The Hall–Kier alpha value is -2.58. The summed E-state index contributed by atoms with van der Waals surface area (Å²) in [4.78, 5) is 24.7. The van der Waals surface area contributed by atoms with E-state index in [-0.39, 0.29) is 22.8 Å². The molecule has 1 unspecified atom stereocenters. The van der Waals surface area contributed by atoms with Gasteiger partial charge in [0.2, 0.25) is 11.8 Å². The predicted octanol–water partition coefficient (Wildman–Crippen LogP) is 4.70. The van der Waals surface area contributed by atoms with E-state index in [2.05, 4.69) is 31.7 Å². The first kappa shape index (κ1) is 22.1. The number of carbonyl (C=O) groups is 2. The first-order valence-corrected chi connectivity index (χ1v) is 11.3. The van der Waals surface area contributed by atoms with Gasteiger partial charge in [0.05, 0.1) is 23.7 Å². The van der Waals surface area contributed by atoms with Gasteiger partial charge in [-0.15, -0.1) is 11.8 Å². The van der Waals surface area contributed by atoms with Gasteiger partial charge in [0.1, 0.15) is 5.82 Å². The normalized spacial score (nSPS) is 11.7. The molecular weight excluding hydrogens is 464 g/mol. The third kappa shape index (κ3) is 6.21. The Labute approximate surface area is 188 Å². The Morgan fingerprint density at radius 2 is 1.83 bits per heavy atom. The van der Waals surface area contributed by atoms with E-state index in [0.717, 1.165) is 21.3 Å². The van der Waals surface area contributed by atoms with Crippen LogP contribution in [0.25, 0.3) is 0 Å². The van der Waals surface area contributed by atoms with Crippen LogP contribution in [0, 0.1) is 6.92 Å². The van der Waals surface area contributed by atoms with E-state index in [1.807, 2.05) is 55.5 Å². The fourth-order valence-corrected chi connectivity index (χ4v) is 3.79. The molecule has 0 spiro atoms. The molecule has 0 saturated heterocycles. The monoisotopic (exact) mass is 486 g/mol. The van der Waals surface area contributed by atoms with E-state index in [4.69, 9.17) is 0 Å². The summed E-state index contributed by atoms with van der Waals surface area (Å²) in [6.45, 7) is 4.31. The standard InChI is InChI=1S/C22H23BrN4O2S/c1-15-7-9-18(10-8-15)25-21(28)14-30-16(2)22(29)26-20-11-12-24-27(20)13-17-5-3-4-6-19(17)23/h3-12,16H,13-14H2,1-2H3,(H,25,28)(H,26,29). The van der Waals surface area contributed by atoms with Crippen molar-refractivity contribution in [3.8, 4) is 0 Å². The molecule has 3 rings (SSSR count). The van der Waals surface area contributed by atoms with Gasteiger partial charge in [0, 0.05) is 16.2 Å². The quantitative estimate of drug-likeness (QED) is 0.483. The minimum atomic E-state index is -0.388. The Balaban J connectivity index is 1.51. The molecule has 0 fully saturated rings. The Kier molecular flexibility index (Phi) is 7.70. The smallest absolute Gasteiger partial charge is 0.238 e. The highest BCUT2D eigenvalue weighted by molar-refractivity contribution is 9.10. The molecule has 2 N–H and O–H groups in total. The Bertz CT molecular complexity index is 1020. The van der Waals surface area contributed by atoms with Crippen molar-refractivity contribution in [3.63, 3.8) is 0 Å². The zero-order valence-corrected chi connectivity index (χ0v) is 19.2. The molecule has 156 valence electrons. The SMILES string of the molecule is Cc1ccc(NC(=O)CSC(C)C(=O)Nc2ccnn2Cc2ccccc2Br)cc1. The molecule has 30 heavy (non-hydrogen) atoms. The molecule has 6 nitrogen and oxygen atoms in total. The second-order valence-electron chi connectivity index (χ2n) is 6.82. The first-order chi connectivity index (χ1) is 14.4. The van der Waals surface area contributed by atoms with Crippen molar-refractivity contribution in [1.29, 1.82) is 0 Å². The van der Waals surface area contributed by atoms with Gasteiger partial charge in [0.15, 0.2) is 0 Å². The largest absolute Gasteiger partial charge is 0.325 e. The molecule has 2 aromatic carbocycles. The maximum absolute atomic E-state index is 12.6. The summed E-state index contributed by atoms with van der Waals surface area (Å²) in [7, 11) is 0. The lowest BCUT2D eigenvalue weighted by Crippen LogP contribution is -2.26. The molecule has 0 radical (unpaired) electrons. The van der Waals surface area contributed by atoms with Crippen LogP contribution < -0.4 is 10.6 Å². The molecule has 3 aromatic rings. The zero-order valence-electron chi connectivity index (χ0n) is 16.8. The number of aromatic nitrogens is 2. The minimum absolute atomic E-state index is 0.137. The third-order valence-electron chi connectivity index (χ3n) is 4.41. The summed E-state index contributed by atoms with van der Waals surface area (Å²) in [5.74, 6) is 0.505. The fourth-order valence-electron chi connectivity index (χ4n) is 2.69. The third-order valence-corrected chi connectivity index (χ3v) is 6.33. The van der Waals surface area contributed by atoms with Crippen molar-refractivity contribution >= 4 is 51.0 Å². The number of amides is 2. The minimum Gasteiger partial charge on any atom is -0.325 e. The van der Waals surface area contributed by atoms with Gasteiger partial charge in [-0.05, 0) is 37.6 Å². The average Bonchev–Trinajstić information content (AvgIpc) is 3.16. The van der Waals surface area contributed by atoms with Gasteiger partial charge in [-0.1, -0.05) is 51.8 Å². The predicted molar refractivity (Wildman–Crippen MR) is 126 cm³/mol. The second kappa shape index (κ2) is 10.4. The van der Waals surface area contributed by atoms with Gasteiger partial charge in [-0.2, -0.15) is 5.10 Å². The van der Waals surface area contributed by atoms with Gasteiger partial charge < -0.3 is 10.6 Å². The second-order valence-corrected chi connectivity index (χ2v) is 9.01. The number of hydrogen-bond acceptors (Lipinski definition) is 4. The van der Waals surface area contributed by atoms with E-state index < -0.39 is 0 Å². The van der Waals surface area contributed by atoms with Crippen molar-refractivity contribution in [1.82, 2.24) is 9.78 Å². The molecule has 1 heterocycles. The molecule has 1 aromatic heterocycles. The molecule has 0 aliphatic rings. The van der Waals surface area contributed by atoms with E-state index >= 15 is 0 Å². The number of benzene rings is 2. The van der Waals surface area contributed by atoms with Crippen LogP contribution >= 0.6 is 27.7 Å². The Morgan fingerprint density at radius 1 is 1.10 bits per heavy atom. The Morgan fingerprint density at radius 3 is 2.57 bits per heavy atom. The number of thioether (sulfide) groups is 1. The molecule has 0 bridgehead atoms. The van der Waals surface area contributed by atoms with Crippen molar-refractivity contribution < 1.29 is 9.59 Å². The van der Waals surface area contributed by atoms with Crippen molar-refractivity contribution in [2.45, 2.75) is 25.6 Å². The van der Waals surface area contributed by atoms with Crippen LogP contribution in [-0.2, 0) is 16.1 Å². The molecule has 0 saturated carbocycles. The lowest BCUT2D eigenvalue weighted by atomic mass is 10.2. The summed E-state index contributed by atoms with van der Waals surface area (Å²) < 4.78 is 2.72. The summed E-state index contributed by atoms with van der Waals surface area (Å²) in [5, 5.41) is 9.66. The van der Waals surface area contributed by atoms with Crippen LogP contribution in [-0.4, -0.2) is 32.6 Å². The molecular formula is C22H23BrN4O2S. The first-order valence-electron chi connectivity index (χ1n) is 9.46. The highest BCUT2D eigenvalue weighted by atomic mass is 79.9. The lowest BCUT2D eigenvalue weighted by molar-refractivity contribution is -0.115.